The summed E-state index contributed by atoms with van der Waals surface area (Å²) in [7, 11) is 3.38. The Kier molecular flexibility index (Phi) is 7.28. The Balaban J connectivity index is 1.74. The molecule has 7 heteroatoms. The van der Waals surface area contributed by atoms with Gasteiger partial charge in [-0.3, -0.25) is 9.69 Å². The number of piperidine rings is 1. The second-order valence-corrected chi connectivity index (χ2v) is 8.01. The summed E-state index contributed by atoms with van der Waals surface area (Å²) in [6, 6.07) is 5.89. The molecule has 1 fully saturated rings. The monoisotopic (exact) mass is 403 g/mol. The van der Waals surface area contributed by atoms with E-state index in [9.17, 15) is 4.79 Å². The number of amides is 1. The Bertz CT molecular complexity index is 766. The Morgan fingerprint density at radius 1 is 1.39 bits per heavy atom. The van der Waals surface area contributed by atoms with Crippen molar-refractivity contribution in [3.8, 4) is 11.5 Å². The number of ether oxygens (including phenoxy) is 2. The van der Waals surface area contributed by atoms with Gasteiger partial charge in [-0.2, -0.15) is 0 Å². The number of carbonyl (C=O) groups excluding carboxylic acids is 1. The molecular formula is C21H29N3O3S. The van der Waals surface area contributed by atoms with Gasteiger partial charge >= 0.3 is 0 Å². The first-order valence-corrected chi connectivity index (χ1v) is 10.6. The first kappa shape index (κ1) is 20.6. The summed E-state index contributed by atoms with van der Waals surface area (Å²) in [5, 5.41) is 6.17. The van der Waals surface area contributed by atoms with Crippen molar-refractivity contribution in [3.05, 3.63) is 40.3 Å². The molecule has 1 saturated heterocycles. The van der Waals surface area contributed by atoms with Gasteiger partial charge in [0.1, 0.15) is 16.5 Å². The van der Waals surface area contributed by atoms with Crippen molar-refractivity contribution in [1.82, 2.24) is 15.2 Å². The van der Waals surface area contributed by atoms with Gasteiger partial charge in [0, 0.05) is 36.7 Å². The van der Waals surface area contributed by atoms with Gasteiger partial charge in [0.15, 0.2) is 0 Å². The number of rotatable bonds is 8. The number of benzene rings is 1. The third kappa shape index (κ3) is 5.02. The molecule has 1 aliphatic heterocycles. The molecule has 0 radical (unpaired) electrons. The molecule has 2 atom stereocenters. The molecule has 2 unspecified atom stereocenters. The highest BCUT2D eigenvalue weighted by molar-refractivity contribution is 7.09. The third-order valence-corrected chi connectivity index (χ3v) is 6.11. The molecule has 1 aliphatic rings. The van der Waals surface area contributed by atoms with Gasteiger partial charge < -0.3 is 14.8 Å². The summed E-state index contributed by atoms with van der Waals surface area (Å²) in [6.07, 6.45) is 4.48. The highest BCUT2D eigenvalue weighted by atomic mass is 32.1. The molecule has 1 amide bonds. The molecule has 2 heterocycles. The van der Waals surface area contributed by atoms with Crippen LogP contribution in [0.25, 0.3) is 0 Å². The maximum Gasteiger partial charge on any atom is 0.220 e. The van der Waals surface area contributed by atoms with Crippen molar-refractivity contribution >= 4 is 17.2 Å². The molecule has 0 bridgehead atoms. The van der Waals surface area contributed by atoms with Crippen molar-refractivity contribution in [1.29, 1.82) is 0 Å². The van der Waals surface area contributed by atoms with Crippen molar-refractivity contribution < 1.29 is 14.3 Å². The van der Waals surface area contributed by atoms with Crippen LogP contribution < -0.4 is 14.8 Å². The number of hydrogen-bond donors (Lipinski definition) is 1. The Morgan fingerprint density at radius 3 is 2.93 bits per heavy atom. The van der Waals surface area contributed by atoms with E-state index < -0.39 is 0 Å². The number of aromatic nitrogens is 1. The number of nitrogens with zero attached hydrogens (tertiary/aromatic N) is 2. The number of carbonyl (C=O) groups is 1. The lowest BCUT2D eigenvalue weighted by Crippen LogP contribution is -2.42. The first-order chi connectivity index (χ1) is 13.6. The fraction of sp³-hybridized carbons (Fsp3) is 0.524. The third-order valence-electron chi connectivity index (χ3n) is 5.25. The number of hydrogen-bond acceptors (Lipinski definition) is 6. The number of nitrogens with one attached hydrogen (secondary N) is 1. The van der Waals surface area contributed by atoms with E-state index in [0.29, 0.717) is 12.3 Å². The molecule has 0 saturated carbocycles. The van der Waals surface area contributed by atoms with E-state index >= 15 is 0 Å². The van der Waals surface area contributed by atoms with Crippen molar-refractivity contribution in [2.45, 2.75) is 38.8 Å². The average Bonchev–Trinajstić information content (AvgIpc) is 3.26. The summed E-state index contributed by atoms with van der Waals surface area (Å²) in [5.74, 6) is 2.12. The highest BCUT2D eigenvalue weighted by Gasteiger charge is 2.31. The van der Waals surface area contributed by atoms with Crippen LogP contribution in [0.5, 0.6) is 11.5 Å². The fourth-order valence-corrected chi connectivity index (χ4v) is 4.58. The van der Waals surface area contributed by atoms with Crippen LogP contribution in [0.15, 0.2) is 29.8 Å². The van der Waals surface area contributed by atoms with Crippen LogP contribution in [-0.4, -0.2) is 43.1 Å². The van der Waals surface area contributed by atoms with Gasteiger partial charge in [0.05, 0.1) is 20.3 Å². The zero-order valence-corrected chi connectivity index (χ0v) is 17.6. The SMILES string of the molecule is CCC(=O)NC(c1nccs1)C1CCCN(Cc2cc(OC)ccc2OC)C1. The summed E-state index contributed by atoms with van der Waals surface area (Å²) in [6.45, 7) is 4.62. The smallest absolute Gasteiger partial charge is 0.220 e. The van der Waals surface area contributed by atoms with Gasteiger partial charge in [-0.25, -0.2) is 4.98 Å². The molecule has 28 heavy (non-hydrogen) atoms. The van der Waals surface area contributed by atoms with E-state index in [1.54, 1.807) is 25.6 Å². The second-order valence-electron chi connectivity index (χ2n) is 7.08. The fourth-order valence-electron chi connectivity index (χ4n) is 3.80. The standard InChI is InChI=1S/C21H29N3O3S/c1-4-19(25)23-20(21-22-9-11-28-21)15-6-5-10-24(13-15)14-16-12-17(26-2)7-8-18(16)27-3/h7-9,11-12,15,20H,4-6,10,13-14H2,1-3H3,(H,23,25). The molecule has 2 aromatic rings. The molecule has 0 aliphatic carbocycles. The lowest BCUT2D eigenvalue weighted by molar-refractivity contribution is -0.122. The lowest BCUT2D eigenvalue weighted by Gasteiger charge is -2.36. The Morgan fingerprint density at radius 2 is 2.25 bits per heavy atom. The van der Waals surface area contributed by atoms with Crippen molar-refractivity contribution in [2.24, 2.45) is 5.92 Å². The van der Waals surface area contributed by atoms with E-state index in [2.05, 4.69) is 15.2 Å². The molecule has 1 aromatic heterocycles. The molecule has 1 N–H and O–H groups in total. The van der Waals surface area contributed by atoms with Gasteiger partial charge in [0.2, 0.25) is 5.91 Å². The van der Waals surface area contributed by atoms with Crippen LogP contribution >= 0.6 is 11.3 Å². The molecule has 3 rings (SSSR count). The summed E-state index contributed by atoms with van der Waals surface area (Å²) in [4.78, 5) is 19.0. The van der Waals surface area contributed by atoms with E-state index in [1.807, 2.05) is 36.7 Å². The Labute approximate surface area is 170 Å². The first-order valence-electron chi connectivity index (χ1n) is 9.76. The van der Waals surface area contributed by atoms with Crippen LogP contribution in [0.1, 0.15) is 42.8 Å². The van der Waals surface area contributed by atoms with Gasteiger partial charge in [0.25, 0.3) is 0 Å². The normalized spacial score (nSPS) is 18.5. The zero-order chi connectivity index (χ0) is 19.9. The molecule has 1 aromatic carbocycles. The molecule has 6 nitrogen and oxygen atoms in total. The average molecular weight is 404 g/mol. The zero-order valence-electron chi connectivity index (χ0n) is 16.8. The summed E-state index contributed by atoms with van der Waals surface area (Å²) < 4.78 is 10.9. The molecule has 152 valence electrons. The topological polar surface area (TPSA) is 63.7 Å². The van der Waals surface area contributed by atoms with Gasteiger partial charge in [-0.05, 0) is 43.5 Å². The number of methoxy groups -OCH3 is 2. The number of thiazole rings is 1. The largest absolute Gasteiger partial charge is 0.497 e. The van der Waals surface area contributed by atoms with Crippen molar-refractivity contribution in [2.75, 3.05) is 27.3 Å². The van der Waals surface area contributed by atoms with Gasteiger partial charge in [-0.1, -0.05) is 6.92 Å². The maximum atomic E-state index is 12.1. The summed E-state index contributed by atoms with van der Waals surface area (Å²) >= 11 is 1.61. The van der Waals surface area contributed by atoms with E-state index in [-0.39, 0.29) is 11.9 Å². The predicted molar refractivity (Wildman–Crippen MR) is 111 cm³/mol. The molecular weight excluding hydrogens is 374 g/mol. The van der Waals surface area contributed by atoms with Crippen LogP contribution in [0.4, 0.5) is 0 Å². The Hall–Kier alpha value is -2.12. The lowest BCUT2D eigenvalue weighted by atomic mass is 9.90. The van der Waals surface area contributed by atoms with Crippen LogP contribution in [0.3, 0.4) is 0 Å². The molecule has 0 spiro atoms. The van der Waals surface area contributed by atoms with E-state index in [4.69, 9.17) is 9.47 Å². The van der Waals surface area contributed by atoms with Crippen LogP contribution in [0, 0.1) is 5.92 Å². The van der Waals surface area contributed by atoms with Gasteiger partial charge in [-0.15, -0.1) is 11.3 Å². The van der Waals surface area contributed by atoms with Crippen molar-refractivity contribution in [3.63, 3.8) is 0 Å². The second kappa shape index (κ2) is 9.89. The number of likely N-dealkylation sites (tertiary alicyclic amines) is 1. The maximum absolute atomic E-state index is 12.1. The van der Waals surface area contributed by atoms with Crippen LogP contribution in [0.2, 0.25) is 0 Å². The highest BCUT2D eigenvalue weighted by Crippen LogP contribution is 2.33. The summed E-state index contributed by atoms with van der Waals surface area (Å²) in [5.41, 5.74) is 1.12. The van der Waals surface area contributed by atoms with E-state index in [1.165, 1.54) is 0 Å². The minimum absolute atomic E-state index is 0.0255. The minimum atomic E-state index is -0.0255. The van der Waals surface area contributed by atoms with Crippen LogP contribution in [-0.2, 0) is 11.3 Å². The minimum Gasteiger partial charge on any atom is -0.497 e. The predicted octanol–water partition coefficient (Wildman–Crippen LogP) is 3.64. The quantitative estimate of drug-likeness (QED) is 0.729. The van der Waals surface area contributed by atoms with E-state index in [0.717, 1.165) is 54.5 Å².